The molecule has 1 fully saturated rings. The molecule has 1 aromatic rings. The number of ether oxygens (including phenoxy) is 1. The molecule has 104 valence electrons. The monoisotopic (exact) mass is 270 g/mol. The Morgan fingerprint density at radius 3 is 2.53 bits per heavy atom. The van der Waals surface area contributed by atoms with Crippen LogP contribution >= 0.6 is 0 Å². The summed E-state index contributed by atoms with van der Waals surface area (Å²) in [6, 6.07) is 2.41. The molecule has 3 nitrogen and oxygen atoms in total. The lowest BCUT2D eigenvalue weighted by Crippen LogP contribution is -2.35. The maximum Gasteiger partial charge on any atom is 0.314 e. The van der Waals surface area contributed by atoms with E-state index in [1.165, 1.54) is 13.2 Å². The summed E-state index contributed by atoms with van der Waals surface area (Å²) in [7, 11) is 1.41. The first kappa shape index (κ1) is 13.9. The highest BCUT2D eigenvalue weighted by atomic mass is 19.1. The molecule has 19 heavy (non-hydrogen) atoms. The van der Waals surface area contributed by atoms with E-state index in [1.54, 1.807) is 0 Å². The third-order valence-corrected chi connectivity index (χ3v) is 3.82. The molecule has 0 aliphatic heterocycles. The quantitative estimate of drug-likeness (QED) is 0.914. The average Bonchev–Trinajstić information content (AvgIpc) is 2.84. The van der Waals surface area contributed by atoms with Crippen molar-refractivity contribution in [2.45, 2.75) is 37.7 Å². The molecular formula is C14H16F2O3. The highest BCUT2D eigenvalue weighted by molar-refractivity contribution is 5.82. The van der Waals surface area contributed by atoms with Crippen molar-refractivity contribution in [2.24, 2.45) is 0 Å². The van der Waals surface area contributed by atoms with E-state index in [9.17, 15) is 18.7 Å². The number of carboxylic acid groups (broad SMARTS) is 1. The van der Waals surface area contributed by atoms with E-state index in [0.717, 1.165) is 6.07 Å². The van der Waals surface area contributed by atoms with Crippen LogP contribution in [0, 0.1) is 11.6 Å². The second kappa shape index (κ2) is 5.25. The van der Waals surface area contributed by atoms with Gasteiger partial charge in [0.25, 0.3) is 0 Å². The Morgan fingerprint density at radius 1 is 1.37 bits per heavy atom. The molecule has 1 aliphatic carbocycles. The van der Waals surface area contributed by atoms with Gasteiger partial charge < -0.3 is 9.84 Å². The van der Waals surface area contributed by atoms with Gasteiger partial charge in [-0.15, -0.1) is 0 Å². The van der Waals surface area contributed by atoms with E-state index in [-0.39, 0.29) is 30.6 Å². The Kier molecular flexibility index (Phi) is 3.85. The summed E-state index contributed by atoms with van der Waals surface area (Å²) in [5, 5.41) is 9.42. The van der Waals surface area contributed by atoms with Crippen LogP contribution in [0.4, 0.5) is 8.78 Å². The lowest BCUT2D eigenvalue weighted by molar-refractivity contribution is -0.143. The average molecular weight is 270 g/mol. The molecule has 0 aromatic heterocycles. The van der Waals surface area contributed by atoms with Crippen LogP contribution in [-0.4, -0.2) is 18.2 Å². The van der Waals surface area contributed by atoms with E-state index in [4.69, 9.17) is 4.74 Å². The van der Waals surface area contributed by atoms with Gasteiger partial charge in [0, 0.05) is 18.2 Å². The SMILES string of the molecule is COCc1ccc(F)c(C2(C(=O)O)CCCC2)c1F. The third-order valence-electron chi connectivity index (χ3n) is 3.82. The number of methoxy groups -OCH3 is 1. The van der Waals surface area contributed by atoms with Gasteiger partial charge in [-0.25, -0.2) is 8.78 Å². The number of halogens is 2. The molecule has 0 unspecified atom stereocenters. The molecule has 1 N–H and O–H groups in total. The fourth-order valence-electron chi connectivity index (χ4n) is 2.85. The first-order valence-corrected chi connectivity index (χ1v) is 6.22. The Morgan fingerprint density at radius 2 is 2.00 bits per heavy atom. The van der Waals surface area contributed by atoms with Crippen LogP contribution in [0.15, 0.2) is 12.1 Å². The number of carboxylic acids is 1. The van der Waals surface area contributed by atoms with E-state index in [1.807, 2.05) is 0 Å². The zero-order valence-electron chi connectivity index (χ0n) is 10.7. The Bertz CT molecular complexity index is 494. The Hall–Kier alpha value is -1.49. The van der Waals surface area contributed by atoms with Crippen LogP contribution in [0.5, 0.6) is 0 Å². The Labute approximate surface area is 110 Å². The standard InChI is InChI=1S/C14H16F2O3/c1-19-8-9-4-5-10(15)11(12(9)16)14(13(17)18)6-2-3-7-14/h4-5H,2-3,6-8H2,1H3,(H,17,18). The van der Waals surface area contributed by atoms with Crippen molar-refractivity contribution in [3.05, 3.63) is 34.9 Å². The van der Waals surface area contributed by atoms with Gasteiger partial charge in [-0.1, -0.05) is 18.9 Å². The number of aliphatic carboxylic acids is 1. The van der Waals surface area contributed by atoms with Gasteiger partial charge in [-0.05, 0) is 18.9 Å². The molecule has 0 bridgehead atoms. The van der Waals surface area contributed by atoms with Crippen molar-refractivity contribution in [1.82, 2.24) is 0 Å². The summed E-state index contributed by atoms with van der Waals surface area (Å²) < 4.78 is 33.2. The zero-order chi connectivity index (χ0) is 14.0. The smallest absolute Gasteiger partial charge is 0.314 e. The van der Waals surface area contributed by atoms with Gasteiger partial charge >= 0.3 is 5.97 Å². The van der Waals surface area contributed by atoms with Crippen molar-refractivity contribution in [3.63, 3.8) is 0 Å². The largest absolute Gasteiger partial charge is 0.481 e. The van der Waals surface area contributed by atoms with Crippen molar-refractivity contribution in [1.29, 1.82) is 0 Å². The number of hydrogen-bond acceptors (Lipinski definition) is 2. The van der Waals surface area contributed by atoms with Gasteiger partial charge in [-0.2, -0.15) is 0 Å². The fraction of sp³-hybridized carbons (Fsp3) is 0.500. The maximum atomic E-state index is 14.4. The molecular weight excluding hydrogens is 254 g/mol. The molecule has 5 heteroatoms. The molecule has 0 radical (unpaired) electrons. The topological polar surface area (TPSA) is 46.5 Å². The summed E-state index contributed by atoms with van der Waals surface area (Å²) in [6.07, 6.45) is 1.87. The number of benzene rings is 1. The fourth-order valence-corrected chi connectivity index (χ4v) is 2.85. The Balaban J connectivity index is 2.59. The molecule has 1 saturated carbocycles. The minimum absolute atomic E-state index is 0.00515. The lowest BCUT2D eigenvalue weighted by atomic mass is 9.77. The first-order valence-electron chi connectivity index (χ1n) is 6.22. The van der Waals surface area contributed by atoms with Crippen LogP contribution < -0.4 is 0 Å². The molecule has 2 rings (SSSR count). The van der Waals surface area contributed by atoms with Gasteiger partial charge in [-0.3, -0.25) is 4.79 Å². The number of rotatable bonds is 4. The van der Waals surface area contributed by atoms with Gasteiger partial charge in [0.15, 0.2) is 0 Å². The van der Waals surface area contributed by atoms with E-state index >= 15 is 0 Å². The van der Waals surface area contributed by atoms with Gasteiger partial charge in [0.1, 0.15) is 11.6 Å². The van der Waals surface area contributed by atoms with Crippen molar-refractivity contribution in [3.8, 4) is 0 Å². The third kappa shape index (κ3) is 2.23. The summed E-state index contributed by atoms with van der Waals surface area (Å²) in [5.41, 5.74) is -1.56. The predicted molar refractivity (Wildman–Crippen MR) is 64.9 cm³/mol. The summed E-state index contributed by atoms with van der Waals surface area (Å²) in [5.74, 6) is -2.73. The molecule has 1 aromatic carbocycles. The maximum absolute atomic E-state index is 14.4. The van der Waals surface area contributed by atoms with Crippen LogP contribution in [-0.2, 0) is 21.6 Å². The van der Waals surface area contributed by atoms with Crippen LogP contribution in [0.25, 0.3) is 0 Å². The molecule has 0 amide bonds. The molecule has 0 spiro atoms. The molecule has 0 saturated heterocycles. The van der Waals surface area contributed by atoms with Crippen molar-refractivity contribution in [2.75, 3.05) is 7.11 Å². The molecule has 1 aliphatic rings. The van der Waals surface area contributed by atoms with Crippen LogP contribution in [0.3, 0.4) is 0 Å². The minimum atomic E-state index is -1.43. The summed E-state index contributed by atoms with van der Waals surface area (Å²) >= 11 is 0. The van der Waals surface area contributed by atoms with E-state index in [0.29, 0.717) is 12.8 Å². The van der Waals surface area contributed by atoms with Gasteiger partial charge in [0.2, 0.25) is 0 Å². The highest BCUT2D eigenvalue weighted by Crippen LogP contribution is 2.44. The number of carbonyl (C=O) groups is 1. The second-order valence-corrected chi connectivity index (χ2v) is 4.92. The van der Waals surface area contributed by atoms with E-state index in [2.05, 4.69) is 0 Å². The molecule has 0 atom stereocenters. The second-order valence-electron chi connectivity index (χ2n) is 4.92. The summed E-state index contributed by atoms with van der Waals surface area (Å²) in [4.78, 5) is 11.5. The highest BCUT2D eigenvalue weighted by Gasteiger charge is 2.46. The minimum Gasteiger partial charge on any atom is -0.481 e. The van der Waals surface area contributed by atoms with Crippen molar-refractivity contribution < 1.29 is 23.4 Å². The van der Waals surface area contributed by atoms with Crippen LogP contribution in [0.1, 0.15) is 36.8 Å². The normalized spacial score (nSPS) is 17.6. The van der Waals surface area contributed by atoms with Gasteiger partial charge in [0.05, 0.1) is 12.0 Å². The zero-order valence-corrected chi connectivity index (χ0v) is 10.7. The predicted octanol–water partition coefficient (Wildman–Crippen LogP) is 3.01. The summed E-state index contributed by atoms with van der Waals surface area (Å²) in [6.45, 7) is -0.00515. The van der Waals surface area contributed by atoms with E-state index < -0.39 is 23.0 Å². The first-order chi connectivity index (χ1) is 9.03. The van der Waals surface area contributed by atoms with Crippen molar-refractivity contribution >= 4 is 5.97 Å². The lowest BCUT2D eigenvalue weighted by Gasteiger charge is -2.26. The molecule has 0 heterocycles. The number of hydrogen-bond donors (Lipinski definition) is 1. The van der Waals surface area contributed by atoms with Crippen LogP contribution in [0.2, 0.25) is 0 Å².